The quantitative estimate of drug-likeness (QED) is 0.475. The molecule has 2 aromatic carbocycles. The molecule has 4 atom stereocenters. The van der Waals surface area contributed by atoms with Crippen LogP contribution < -0.4 is 10.2 Å². The molecule has 3 fully saturated rings. The van der Waals surface area contributed by atoms with E-state index in [0.29, 0.717) is 41.5 Å². The zero-order valence-corrected chi connectivity index (χ0v) is 21.0. The molecule has 0 saturated carbocycles. The van der Waals surface area contributed by atoms with Crippen molar-refractivity contribution in [1.82, 2.24) is 15.1 Å². The summed E-state index contributed by atoms with van der Waals surface area (Å²) in [5.41, 5.74) is 4.76. The third-order valence-electron chi connectivity index (χ3n) is 7.82. The van der Waals surface area contributed by atoms with Crippen LogP contribution in [0.3, 0.4) is 0 Å². The van der Waals surface area contributed by atoms with Crippen molar-refractivity contribution in [2.24, 2.45) is 0 Å². The van der Waals surface area contributed by atoms with E-state index in [-0.39, 0.29) is 23.2 Å². The second-order valence-corrected chi connectivity index (χ2v) is 11.0. The number of nitrogens with one attached hydrogen (secondary N) is 1. The molecule has 0 spiro atoms. The Morgan fingerprint density at radius 1 is 1.06 bits per heavy atom. The number of hydrogen-bond donors (Lipinski definition) is 2. The first-order chi connectivity index (χ1) is 16.4. The van der Waals surface area contributed by atoms with E-state index in [9.17, 15) is 9.59 Å². The average molecular weight is 517 g/mol. The molecule has 0 radical (unpaired) electrons. The number of likely N-dealkylation sites (tertiary alicyclic amines) is 1. The van der Waals surface area contributed by atoms with Gasteiger partial charge < -0.3 is 4.90 Å². The average Bonchev–Trinajstić information content (AvgIpc) is 3.50. The molecule has 4 aliphatic heterocycles. The number of piperidine rings is 1. The maximum absolute atomic E-state index is 12.5. The van der Waals surface area contributed by atoms with Crippen molar-refractivity contribution in [3.63, 3.8) is 0 Å². The van der Waals surface area contributed by atoms with Crippen molar-refractivity contribution in [2.75, 3.05) is 18.0 Å². The van der Waals surface area contributed by atoms with Crippen LogP contribution in [0.4, 0.5) is 5.69 Å². The highest BCUT2D eigenvalue weighted by Crippen LogP contribution is 2.43. The van der Waals surface area contributed by atoms with Crippen molar-refractivity contribution in [1.29, 1.82) is 0 Å². The first-order valence-corrected chi connectivity index (χ1v) is 13.0. The summed E-state index contributed by atoms with van der Waals surface area (Å²) < 4.78 is 0. The van der Waals surface area contributed by atoms with Crippen molar-refractivity contribution < 1.29 is 9.59 Å². The van der Waals surface area contributed by atoms with Crippen LogP contribution in [0.5, 0.6) is 0 Å². The summed E-state index contributed by atoms with van der Waals surface area (Å²) in [6, 6.07) is 12.8. The van der Waals surface area contributed by atoms with Gasteiger partial charge in [-0.3, -0.25) is 24.7 Å². The van der Waals surface area contributed by atoms with Gasteiger partial charge >= 0.3 is 0 Å². The van der Waals surface area contributed by atoms with Gasteiger partial charge in [0.25, 0.3) is 0 Å². The molecule has 6 rings (SSSR count). The molecule has 6 nitrogen and oxygen atoms in total. The lowest BCUT2D eigenvalue weighted by molar-refractivity contribution is -0.137. The number of halogens is 2. The van der Waals surface area contributed by atoms with E-state index in [2.05, 4.69) is 44.3 Å². The van der Waals surface area contributed by atoms with Gasteiger partial charge in [0.2, 0.25) is 11.8 Å². The lowest BCUT2D eigenvalue weighted by atomic mass is 10.0. The van der Waals surface area contributed by atoms with Crippen LogP contribution in [0.1, 0.15) is 41.3 Å². The van der Waals surface area contributed by atoms with Crippen LogP contribution in [-0.2, 0) is 22.7 Å². The molecule has 34 heavy (non-hydrogen) atoms. The van der Waals surface area contributed by atoms with Gasteiger partial charge in [0.15, 0.2) is 0 Å². The highest BCUT2D eigenvalue weighted by molar-refractivity contribution is 7.80. The Bertz CT molecular complexity index is 1180. The molecule has 1 N–H and O–H groups in total. The lowest BCUT2D eigenvalue weighted by Crippen LogP contribution is -2.51. The fraction of sp³-hybridized carbons (Fsp3) is 0.440. The number of imide groups is 1. The van der Waals surface area contributed by atoms with Crippen LogP contribution in [0.2, 0.25) is 10.0 Å². The van der Waals surface area contributed by atoms with Gasteiger partial charge in [-0.25, -0.2) is 0 Å². The smallest absolute Gasteiger partial charge is 0.243 e. The highest BCUT2D eigenvalue weighted by Gasteiger charge is 2.45. The number of thiol groups is 1. The molecule has 0 aromatic heterocycles. The minimum atomic E-state index is -0.320. The summed E-state index contributed by atoms with van der Waals surface area (Å²) in [6.07, 6.45) is 2.04. The highest BCUT2D eigenvalue weighted by atomic mass is 35.5. The van der Waals surface area contributed by atoms with E-state index >= 15 is 0 Å². The maximum atomic E-state index is 12.5. The van der Waals surface area contributed by atoms with E-state index in [1.54, 1.807) is 0 Å². The number of benzene rings is 2. The molecule has 2 aromatic rings. The van der Waals surface area contributed by atoms with E-state index in [1.165, 1.54) is 16.7 Å². The molecule has 4 aliphatic rings. The Labute approximate surface area is 214 Å². The summed E-state index contributed by atoms with van der Waals surface area (Å²) >= 11 is 17.6. The van der Waals surface area contributed by atoms with E-state index < -0.39 is 0 Å². The van der Waals surface area contributed by atoms with Gasteiger partial charge in [-0.05, 0) is 41.7 Å². The maximum Gasteiger partial charge on any atom is 0.243 e. The van der Waals surface area contributed by atoms with Gasteiger partial charge in [-0.2, -0.15) is 12.6 Å². The Morgan fingerprint density at radius 3 is 2.65 bits per heavy atom. The van der Waals surface area contributed by atoms with Crippen LogP contribution in [-0.4, -0.2) is 52.8 Å². The van der Waals surface area contributed by atoms with Crippen LogP contribution in [0.25, 0.3) is 0 Å². The number of carbonyl (C=O) groups is 2. The largest absolute Gasteiger partial charge is 0.364 e. The number of nitrogens with zero attached hydrogens (tertiary/aromatic N) is 3. The summed E-state index contributed by atoms with van der Waals surface area (Å²) in [4.78, 5) is 31.2. The molecule has 2 amide bonds. The Balaban J connectivity index is 1.18. The third-order valence-corrected chi connectivity index (χ3v) is 9.20. The molecule has 2 bridgehead atoms. The number of anilines is 1. The number of carbonyl (C=O) groups excluding carboxylic acids is 2. The summed E-state index contributed by atoms with van der Waals surface area (Å²) in [7, 11) is 0. The van der Waals surface area contributed by atoms with Gasteiger partial charge in [-0.15, -0.1) is 0 Å². The zero-order valence-electron chi connectivity index (χ0n) is 18.6. The number of fused-ring (bicyclic) bond motifs is 3. The summed E-state index contributed by atoms with van der Waals surface area (Å²) in [5.74, 6) is -0.396. The van der Waals surface area contributed by atoms with Gasteiger partial charge in [-0.1, -0.05) is 47.5 Å². The second kappa shape index (κ2) is 8.71. The lowest BCUT2D eigenvalue weighted by Gasteiger charge is -2.36. The summed E-state index contributed by atoms with van der Waals surface area (Å²) in [5, 5.41) is 3.58. The van der Waals surface area contributed by atoms with Crippen LogP contribution >= 0.6 is 35.8 Å². The summed E-state index contributed by atoms with van der Waals surface area (Å²) in [6.45, 7) is 3.49. The van der Waals surface area contributed by atoms with Crippen molar-refractivity contribution in [2.45, 2.75) is 55.9 Å². The topological polar surface area (TPSA) is 55.9 Å². The minimum Gasteiger partial charge on any atom is -0.364 e. The van der Waals surface area contributed by atoms with Crippen molar-refractivity contribution in [3.8, 4) is 0 Å². The van der Waals surface area contributed by atoms with Crippen LogP contribution in [0.15, 0.2) is 36.4 Å². The van der Waals surface area contributed by atoms with E-state index in [4.69, 9.17) is 35.8 Å². The standard InChI is InChI=1S/C25H26Cl2N4O2S/c26-19-5-2-6-20(23(19)27)30-12-15-9-16(30)11-29(15)10-14-3-1-4-17-18(14)13-31(25(17)34)21-7-8-22(32)28-24(21)33/h1-6,15-16,21,25,34H,7-13H2,(H,28,32,33)/t15-,16-,21?,25?/m1/s1. The molecular formula is C25H26Cl2N4O2S. The second-order valence-electron chi connectivity index (χ2n) is 9.70. The van der Waals surface area contributed by atoms with Crippen LogP contribution in [0, 0.1) is 0 Å². The Hall–Kier alpha value is -1.77. The van der Waals surface area contributed by atoms with Gasteiger partial charge in [0.1, 0.15) is 0 Å². The van der Waals surface area contributed by atoms with E-state index in [1.807, 2.05) is 12.1 Å². The number of amides is 2. The predicted octanol–water partition coefficient (Wildman–Crippen LogP) is 4.01. The fourth-order valence-electron chi connectivity index (χ4n) is 6.14. The first-order valence-electron chi connectivity index (χ1n) is 11.7. The van der Waals surface area contributed by atoms with Crippen molar-refractivity contribution >= 4 is 53.3 Å². The fourth-order valence-corrected chi connectivity index (χ4v) is 7.02. The van der Waals surface area contributed by atoms with Gasteiger partial charge in [0.05, 0.1) is 27.1 Å². The molecule has 9 heteroatoms. The van der Waals surface area contributed by atoms with E-state index in [0.717, 1.165) is 31.7 Å². The predicted molar refractivity (Wildman–Crippen MR) is 136 cm³/mol. The molecular weight excluding hydrogens is 491 g/mol. The molecule has 4 heterocycles. The van der Waals surface area contributed by atoms with Crippen molar-refractivity contribution in [3.05, 3.63) is 63.1 Å². The third kappa shape index (κ3) is 3.73. The number of piperazine rings is 1. The number of rotatable bonds is 4. The first kappa shape index (κ1) is 22.7. The SMILES string of the molecule is O=C1CCC(N2Cc3c(CN4C[C@H]5C[C@@H]4CN5c4cccc(Cl)c4Cl)cccc3C2S)C(=O)N1. The molecule has 178 valence electrons. The Morgan fingerprint density at radius 2 is 1.88 bits per heavy atom. The zero-order chi connectivity index (χ0) is 23.6. The molecule has 2 unspecified atom stereocenters. The Kier molecular flexibility index (Phi) is 5.81. The monoisotopic (exact) mass is 516 g/mol. The molecule has 3 saturated heterocycles. The minimum absolute atomic E-state index is 0.144. The normalized spacial score (nSPS) is 29.1. The number of hydrogen-bond acceptors (Lipinski definition) is 6. The van der Waals surface area contributed by atoms with Gasteiger partial charge in [0, 0.05) is 44.7 Å². The molecule has 0 aliphatic carbocycles.